The molecule has 4 rings (SSSR count). The number of aromatic nitrogens is 1. The van der Waals surface area contributed by atoms with Crippen molar-refractivity contribution < 1.29 is 32.5 Å². The number of fused-ring (bicyclic) bond motifs is 1. The zero-order chi connectivity index (χ0) is 33.8. The van der Waals surface area contributed by atoms with Crippen LogP contribution in [0.15, 0.2) is 65.6 Å². The van der Waals surface area contributed by atoms with Crippen LogP contribution in [-0.2, 0) is 26.0 Å². The summed E-state index contributed by atoms with van der Waals surface area (Å²) in [5.74, 6) is -1.09. The summed E-state index contributed by atoms with van der Waals surface area (Å²) in [6.45, 7) is 1.69. The van der Waals surface area contributed by atoms with Gasteiger partial charge in [0, 0.05) is 27.7 Å². The number of nitrogens with one attached hydrogen (secondary N) is 2. The molecule has 0 spiro atoms. The number of halogens is 2. The number of carbonyl (C=O) groups is 3. The third-order valence-electron chi connectivity index (χ3n) is 7.10. The molecule has 0 fully saturated rings. The first-order valence-corrected chi connectivity index (χ1v) is 17.2. The molecule has 3 aromatic carbocycles. The van der Waals surface area contributed by atoms with Gasteiger partial charge in [-0.3, -0.25) is 29.1 Å². The zero-order valence-electron chi connectivity index (χ0n) is 24.7. The summed E-state index contributed by atoms with van der Waals surface area (Å²) in [4.78, 5) is 50.1. The van der Waals surface area contributed by atoms with Gasteiger partial charge in [0.25, 0.3) is 27.5 Å². The van der Waals surface area contributed by atoms with E-state index in [-0.39, 0.29) is 23.8 Å². The third kappa shape index (κ3) is 7.64. The molecule has 0 aliphatic carbocycles. The lowest BCUT2D eigenvalue weighted by atomic mass is 10.1. The molecule has 0 aliphatic heterocycles. The first-order chi connectivity index (χ1) is 21.8. The normalized spacial score (nSPS) is 12.0. The number of rotatable bonds is 12. The third-order valence-corrected chi connectivity index (χ3v) is 9.66. The van der Waals surface area contributed by atoms with Crippen molar-refractivity contribution in [3.05, 3.63) is 97.6 Å². The standard InChI is InChI=1S/C30H28Cl2N4O8S2/c1-17-22(23-14-20(44-2)8-11-26(23)35(17)30(39)18-4-6-19(31)7-5-18)16-28(37)33-25(12-13-45-3)29(38)34-46(42,43)21-9-10-24(32)27(15-21)36(40)41/h4-11,14-15,25H,12-13,16H2,1-3H3,(H,33,37)(H,34,38)/t25-/m0/s1. The molecule has 2 N–H and O–H groups in total. The molecule has 0 unspecified atom stereocenters. The highest BCUT2D eigenvalue weighted by atomic mass is 35.5. The van der Waals surface area contributed by atoms with E-state index < -0.39 is 43.4 Å². The van der Waals surface area contributed by atoms with Crippen molar-refractivity contribution in [2.75, 3.05) is 19.1 Å². The Kier molecular flexibility index (Phi) is 11.0. The number of ether oxygens (including phenoxy) is 1. The number of benzene rings is 3. The minimum Gasteiger partial charge on any atom is -0.497 e. The number of sulfonamides is 1. The fourth-order valence-electron chi connectivity index (χ4n) is 4.77. The molecular formula is C30H28Cl2N4O8S2. The maximum atomic E-state index is 13.6. The minimum atomic E-state index is -4.56. The van der Waals surface area contributed by atoms with Crippen molar-refractivity contribution in [1.82, 2.24) is 14.6 Å². The van der Waals surface area contributed by atoms with Gasteiger partial charge in [0.15, 0.2) is 0 Å². The summed E-state index contributed by atoms with van der Waals surface area (Å²) < 4.78 is 34.7. The van der Waals surface area contributed by atoms with Gasteiger partial charge in [0.2, 0.25) is 5.91 Å². The molecular weight excluding hydrogens is 679 g/mol. The molecule has 12 nitrogen and oxygen atoms in total. The number of carbonyl (C=O) groups excluding carboxylic acids is 3. The van der Waals surface area contributed by atoms with Gasteiger partial charge in [-0.15, -0.1) is 0 Å². The van der Waals surface area contributed by atoms with E-state index in [4.69, 9.17) is 27.9 Å². The van der Waals surface area contributed by atoms with Crippen molar-refractivity contribution in [3.63, 3.8) is 0 Å². The van der Waals surface area contributed by atoms with E-state index in [0.717, 1.165) is 18.2 Å². The molecule has 16 heteroatoms. The summed E-state index contributed by atoms with van der Waals surface area (Å²) in [5.41, 5.74) is 1.23. The van der Waals surface area contributed by atoms with Crippen LogP contribution in [-0.4, -0.2) is 60.8 Å². The first kappa shape index (κ1) is 34.8. The maximum absolute atomic E-state index is 13.6. The quantitative estimate of drug-likeness (QED) is 0.150. The maximum Gasteiger partial charge on any atom is 0.289 e. The minimum absolute atomic E-state index is 0.0820. The SMILES string of the molecule is COc1ccc2c(c1)c(CC(=O)N[C@@H](CCSC)C(=O)NS(=O)(=O)c1ccc(Cl)c([N+](=O)[O-])c1)c(C)n2C(=O)c1ccc(Cl)cc1. The topological polar surface area (TPSA) is 167 Å². The summed E-state index contributed by atoms with van der Waals surface area (Å²) in [5, 5.41) is 14.6. The molecule has 0 saturated carbocycles. The smallest absolute Gasteiger partial charge is 0.289 e. The summed E-state index contributed by atoms with van der Waals surface area (Å²) in [6.07, 6.45) is 1.61. The van der Waals surface area contributed by atoms with Crippen LogP contribution >= 0.6 is 35.0 Å². The number of hydrogen-bond acceptors (Lipinski definition) is 9. The highest BCUT2D eigenvalue weighted by Crippen LogP contribution is 2.31. The van der Waals surface area contributed by atoms with Crippen molar-refractivity contribution in [3.8, 4) is 5.75 Å². The number of methoxy groups -OCH3 is 1. The predicted octanol–water partition coefficient (Wildman–Crippen LogP) is 5.15. The number of amides is 2. The van der Waals surface area contributed by atoms with E-state index in [1.54, 1.807) is 55.6 Å². The van der Waals surface area contributed by atoms with Crippen LogP contribution in [0.3, 0.4) is 0 Å². The van der Waals surface area contributed by atoms with E-state index in [0.29, 0.717) is 44.2 Å². The van der Waals surface area contributed by atoms with E-state index in [2.05, 4.69) is 5.32 Å². The Morgan fingerprint density at radius 1 is 1.07 bits per heavy atom. The van der Waals surface area contributed by atoms with Crippen LogP contribution in [0.4, 0.5) is 5.69 Å². The largest absolute Gasteiger partial charge is 0.497 e. The van der Waals surface area contributed by atoms with Crippen LogP contribution < -0.4 is 14.8 Å². The van der Waals surface area contributed by atoms with Crippen LogP contribution in [0, 0.1) is 17.0 Å². The van der Waals surface area contributed by atoms with Gasteiger partial charge in [0.1, 0.15) is 16.8 Å². The van der Waals surface area contributed by atoms with E-state index in [9.17, 15) is 32.9 Å². The molecule has 0 saturated heterocycles. The monoisotopic (exact) mass is 706 g/mol. The Morgan fingerprint density at radius 3 is 2.39 bits per heavy atom. The molecule has 1 aromatic heterocycles. The van der Waals surface area contributed by atoms with Gasteiger partial charge < -0.3 is 10.1 Å². The van der Waals surface area contributed by atoms with Crippen LogP contribution in [0.25, 0.3) is 10.9 Å². The fourth-order valence-corrected chi connectivity index (χ4v) is 6.59. The van der Waals surface area contributed by atoms with Gasteiger partial charge in [0.05, 0.1) is 28.9 Å². The average molecular weight is 708 g/mol. The van der Waals surface area contributed by atoms with Crippen LogP contribution in [0.1, 0.15) is 28.0 Å². The molecule has 2 amide bonds. The Hall–Kier alpha value is -4.11. The highest BCUT2D eigenvalue weighted by molar-refractivity contribution is 7.98. The number of nitro groups is 1. The van der Waals surface area contributed by atoms with Crippen molar-refractivity contribution in [2.24, 2.45) is 0 Å². The molecule has 0 radical (unpaired) electrons. The molecule has 0 bridgehead atoms. The zero-order valence-corrected chi connectivity index (χ0v) is 27.8. The Balaban J connectivity index is 1.63. The van der Waals surface area contributed by atoms with E-state index in [1.165, 1.54) is 23.4 Å². The Morgan fingerprint density at radius 2 is 1.76 bits per heavy atom. The molecule has 1 heterocycles. The number of thioether (sulfide) groups is 1. The Labute approximate surface area is 278 Å². The van der Waals surface area contributed by atoms with Gasteiger partial charge in [-0.2, -0.15) is 11.8 Å². The summed E-state index contributed by atoms with van der Waals surface area (Å²) >= 11 is 13.2. The second-order valence-electron chi connectivity index (χ2n) is 10.0. The van der Waals surface area contributed by atoms with Gasteiger partial charge >= 0.3 is 0 Å². The summed E-state index contributed by atoms with van der Waals surface area (Å²) in [7, 11) is -3.07. The number of nitro benzene ring substituents is 1. The Bertz CT molecular complexity index is 1950. The van der Waals surface area contributed by atoms with Gasteiger partial charge in [-0.05, 0) is 85.5 Å². The van der Waals surface area contributed by atoms with Crippen molar-refractivity contribution >= 4 is 79.3 Å². The number of hydrogen-bond donors (Lipinski definition) is 2. The van der Waals surface area contributed by atoms with Crippen LogP contribution in [0.2, 0.25) is 10.0 Å². The molecule has 46 heavy (non-hydrogen) atoms. The summed E-state index contributed by atoms with van der Waals surface area (Å²) in [6, 6.07) is 13.0. The van der Waals surface area contributed by atoms with E-state index in [1.807, 2.05) is 4.72 Å². The second-order valence-corrected chi connectivity index (χ2v) is 13.5. The van der Waals surface area contributed by atoms with Gasteiger partial charge in [-0.25, -0.2) is 13.1 Å². The average Bonchev–Trinajstić information content (AvgIpc) is 3.28. The lowest BCUT2D eigenvalue weighted by molar-refractivity contribution is -0.384. The molecule has 4 aromatic rings. The van der Waals surface area contributed by atoms with Crippen molar-refractivity contribution in [2.45, 2.75) is 30.7 Å². The molecule has 0 aliphatic rings. The molecule has 1 atom stereocenters. The van der Waals surface area contributed by atoms with Crippen molar-refractivity contribution in [1.29, 1.82) is 0 Å². The second kappa shape index (κ2) is 14.5. The van der Waals surface area contributed by atoms with E-state index >= 15 is 0 Å². The molecule has 242 valence electrons. The highest BCUT2D eigenvalue weighted by Gasteiger charge is 2.29. The predicted molar refractivity (Wildman–Crippen MR) is 176 cm³/mol. The first-order valence-electron chi connectivity index (χ1n) is 13.5. The lowest BCUT2D eigenvalue weighted by Gasteiger charge is -2.18. The van der Waals surface area contributed by atoms with Gasteiger partial charge in [-0.1, -0.05) is 23.2 Å². The lowest BCUT2D eigenvalue weighted by Crippen LogP contribution is -2.49. The number of nitrogens with zero attached hydrogens (tertiary/aromatic N) is 2. The van der Waals surface area contributed by atoms with Crippen LogP contribution in [0.5, 0.6) is 5.75 Å². The fraction of sp³-hybridized carbons (Fsp3) is 0.233.